The molecular weight excluding hydrogens is 429 g/mol. The highest BCUT2D eigenvalue weighted by Crippen LogP contribution is 2.45. The summed E-state index contributed by atoms with van der Waals surface area (Å²) >= 11 is 0. The van der Waals surface area contributed by atoms with Gasteiger partial charge >= 0.3 is 0 Å². The fourth-order valence-corrected chi connectivity index (χ4v) is 5.04. The van der Waals surface area contributed by atoms with Crippen LogP contribution in [0.5, 0.6) is 11.5 Å². The summed E-state index contributed by atoms with van der Waals surface area (Å²) in [7, 11) is 5.44. The third kappa shape index (κ3) is 5.94. The molecule has 1 N–H and O–H groups in total. The molecule has 32 heavy (non-hydrogen) atoms. The molecule has 0 spiro atoms. The van der Waals surface area contributed by atoms with Crippen molar-refractivity contribution < 1.29 is 19.0 Å². The molecule has 0 saturated heterocycles. The van der Waals surface area contributed by atoms with Crippen molar-refractivity contribution in [2.24, 2.45) is 5.92 Å². The van der Waals surface area contributed by atoms with Gasteiger partial charge in [-0.05, 0) is 85.7 Å². The number of fused-ring (bicyclic) bond motifs is 1. The molecule has 0 fully saturated rings. The second-order valence-corrected chi connectivity index (χ2v) is 9.15. The topological polar surface area (TPSA) is 41.9 Å². The lowest BCUT2D eigenvalue weighted by molar-refractivity contribution is -0.0300. The predicted octanol–water partition coefficient (Wildman–Crippen LogP) is 5.25. The number of aryl methyl sites for hydroxylation is 1. The number of nitrogens with zero attached hydrogens (tertiary/aromatic N) is 1. The highest BCUT2D eigenvalue weighted by molar-refractivity contribution is 5.85. The number of methoxy groups -OCH3 is 2. The van der Waals surface area contributed by atoms with Gasteiger partial charge in [0, 0.05) is 19.0 Å². The number of ether oxygens (including phenoxy) is 2. The third-order valence-corrected chi connectivity index (χ3v) is 6.69. The molecule has 6 heteroatoms. The smallest absolute Gasteiger partial charge is 0.123 e. The molecule has 0 aromatic heterocycles. The maximum atomic E-state index is 13.7. The zero-order valence-electron chi connectivity index (χ0n) is 19.9. The van der Waals surface area contributed by atoms with Gasteiger partial charge in [0.05, 0.1) is 19.8 Å². The van der Waals surface area contributed by atoms with E-state index in [1.54, 1.807) is 20.3 Å². The van der Waals surface area contributed by atoms with Gasteiger partial charge in [0.2, 0.25) is 0 Å². The van der Waals surface area contributed by atoms with Gasteiger partial charge in [-0.2, -0.15) is 0 Å². The Morgan fingerprint density at radius 2 is 1.88 bits per heavy atom. The molecule has 1 aliphatic rings. The first kappa shape index (κ1) is 26.4. The van der Waals surface area contributed by atoms with Crippen LogP contribution in [0.15, 0.2) is 36.4 Å². The Balaban J connectivity index is 0.00000363. The fraction of sp³-hybridized carbons (Fsp3) is 0.538. The Bertz CT molecular complexity index is 891. The molecule has 0 heterocycles. The minimum Gasteiger partial charge on any atom is -0.497 e. The highest BCUT2D eigenvalue weighted by Gasteiger charge is 2.43. The molecule has 3 rings (SSSR count). The van der Waals surface area contributed by atoms with Gasteiger partial charge in [0.1, 0.15) is 17.3 Å². The van der Waals surface area contributed by atoms with Crippen LogP contribution < -0.4 is 9.47 Å². The predicted molar refractivity (Wildman–Crippen MR) is 130 cm³/mol. The first-order chi connectivity index (χ1) is 14.8. The summed E-state index contributed by atoms with van der Waals surface area (Å²) in [6.07, 6.45) is 2.92. The Morgan fingerprint density at radius 1 is 1.12 bits per heavy atom. The average Bonchev–Trinajstić information content (AvgIpc) is 2.75. The Hall–Kier alpha value is -1.82. The van der Waals surface area contributed by atoms with Crippen LogP contribution in [0.2, 0.25) is 0 Å². The summed E-state index contributed by atoms with van der Waals surface area (Å²) in [5.74, 6) is 1.79. The summed E-state index contributed by atoms with van der Waals surface area (Å²) in [6, 6.07) is 10.9. The molecule has 0 amide bonds. The highest BCUT2D eigenvalue weighted by atomic mass is 35.5. The van der Waals surface area contributed by atoms with E-state index in [0.29, 0.717) is 12.8 Å². The minimum absolute atomic E-state index is 0. The van der Waals surface area contributed by atoms with Crippen LogP contribution in [0.1, 0.15) is 49.3 Å². The van der Waals surface area contributed by atoms with E-state index in [2.05, 4.69) is 25.8 Å². The summed E-state index contributed by atoms with van der Waals surface area (Å²) in [6.45, 7) is 5.94. The van der Waals surface area contributed by atoms with E-state index in [0.717, 1.165) is 54.1 Å². The van der Waals surface area contributed by atoms with Crippen LogP contribution in [-0.2, 0) is 12.8 Å². The normalized spacial score (nSPS) is 20.1. The van der Waals surface area contributed by atoms with Crippen molar-refractivity contribution in [1.82, 2.24) is 4.90 Å². The van der Waals surface area contributed by atoms with Gasteiger partial charge in [-0.15, -0.1) is 12.4 Å². The number of hydrogen-bond donors (Lipinski definition) is 1. The number of halogens is 2. The minimum atomic E-state index is -0.777. The number of aliphatic hydroxyl groups is 1. The van der Waals surface area contributed by atoms with E-state index in [1.807, 2.05) is 24.3 Å². The molecule has 1 aliphatic carbocycles. The Kier molecular flexibility index (Phi) is 9.38. The average molecular weight is 466 g/mol. The zero-order valence-corrected chi connectivity index (χ0v) is 20.7. The Morgan fingerprint density at radius 3 is 2.53 bits per heavy atom. The molecule has 0 saturated carbocycles. The molecule has 178 valence electrons. The molecule has 2 aromatic carbocycles. The van der Waals surface area contributed by atoms with Crippen LogP contribution in [0.25, 0.3) is 0 Å². The van der Waals surface area contributed by atoms with E-state index in [4.69, 9.17) is 9.47 Å². The summed E-state index contributed by atoms with van der Waals surface area (Å²) in [5.41, 5.74) is 2.48. The standard InChI is InChI=1S/C26H36FNO3.ClH/c1-18(2)25-23-8-6-21(27)16-19(23)10-12-26(25,29)13-15-28(3)14-11-20-17-22(30-4)7-9-24(20)31-5;/h6-9,16-18,25,29H,10-15H2,1-5H3;1H/t25-,26-;/m0./s1. The number of benzene rings is 2. The monoisotopic (exact) mass is 465 g/mol. The van der Waals surface area contributed by atoms with Crippen molar-refractivity contribution in [3.8, 4) is 11.5 Å². The van der Waals surface area contributed by atoms with E-state index in [-0.39, 0.29) is 30.1 Å². The maximum absolute atomic E-state index is 13.7. The van der Waals surface area contributed by atoms with Crippen molar-refractivity contribution in [2.45, 2.75) is 51.0 Å². The third-order valence-electron chi connectivity index (χ3n) is 6.69. The van der Waals surface area contributed by atoms with Crippen LogP contribution in [0, 0.1) is 11.7 Å². The molecule has 0 unspecified atom stereocenters. The van der Waals surface area contributed by atoms with Crippen molar-refractivity contribution in [3.63, 3.8) is 0 Å². The lowest BCUT2D eigenvalue weighted by atomic mass is 9.66. The SMILES string of the molecule is COc1ccc(OC)c(CCN(C)CC[C@@]2(O)CCc3cc(F)ccc3[C@@H]2C(C)C)c1.Cl. The van der Waals surface area contributed by atoms with Gasteiger partial charge in [-0.25, -0.2) is 4.39 Å². The van der Waals surface area contributed by atoms with Gasteiger partial charge in [-0.1, -0.05) is 19.9 Å². The molecule has 0 aliphatic heterocycles. The number of rotatable bonds is 9. The van der Waals surface area contributed by atoms with Crippen LogP contribution >= 0.6 is 12.4 Å². The zero-order chi connectivity index (χ0) is 22.6. The Labute approximate surface area is 198 Å². The molecule has 0 radical (unpaired) electrons. The summed E-state index contributed by atoms with van der Waals surface area (Å²) < 4.78 is 24.5. The van der Waals surface area contributed by atoms with Crippen molar-refractivity contribution >= 4 is 12.4 Å². The number of hydrogen-bond acceptors (Lipinski definition) is 4. The van der Waals surface area contributed by atoms with Crippen LogP contribution in [0.3, 0.4) is 0 Å². The maximum Gasteiger partial charge on any atom is 0.123 e. The molecule has 2 aromatic rings. The molecule has 4 nitrogen and oxygen atoms in total. The fourth-order valence-electron chi connectivity index (χ4n) is 5.04. The van der Waals surface area contributed by atoms with Crippen LogP contribution in [-0.4, -0.2) is 50.0 Å². The number of likely N-dealkylation sites (N-methyl/N-ethyl adjacent to an activating group) is 1. The second kappa shape index (κ2) is 11.4. The van der Waals surface area contributed by atoms with Crippen molar-refractivity contribution in [1.29, 1.82) is 0 Å². The largest absolute Gasteiger partial charge is 0.497 e. The summed E-state index contributed by atoms with van der Waals surface area (Å²) in [5, 5.41) is 11.6. The molecular formula is C26H37ClFNO3. The van der Waals surface area contributed by atoms with Gasteiger partial charge in [-0.3, -0.25) is 0 Å². The van der Waals surface area contributed by atoms with E-state index >= 15 is 0 Å². The van der Waals surface area contributed by atoms with E-state index in [1.165, 1.54) is 6.07 Å². The lowest BCUT2D eigenvalue weighted by Gasteiger charge is -2.44. The quantitative estimate of drug-likeness (QED) is 0.549. The van der Waals surface area contributed by atoms with E-state index in [9.17, 15) is 9.50 Å². The molecule has 0 bridgehead atoms. The van der Waals surface area contributed by atoms with Gasteiger partial charge in [0.25, 0.3) is 0 Å². The van der Waals surface area contributed by atoms with Crippen molar-refractivity contribution in [3.05, 3.63) is 58.9 Å². The first-order valence-electron chi connectivity index (χ1n) is 11.2. The van der Waals surface area contributed by atoms with Gasteiger partial charge < -0.3 is 19.5 Å². The second-order valence-electron chi connectivity index (χ2n) is 9.15. The van der Waals surface area contributed by atoms with Crippen molar-refractivity contribution in [2.75, 3.05) is 34.4 Å². The first-order valence-corrected chi connectivity index (χ1v) is 11.2. The lowest BCUT2D eigenvalue weighted by Crippen LogP contribution is -2.45. The summed E-state index contributed by atoms with van der Waals surface area (Å²) in [4.78, 5) is 2.26. The molecule has 2 atom stereocenters. The van der Waals surface area contributed by atoms with E-state index < -0.39 is 5.60 Å². The van der Waals surface area contributed by atoms with Gasteiger partial charge in [0.15, 0.2) is 0 Å². The van der Waals surface area contributed by atoms with Crippen LogP contribution in [0.4, 0.5) is 4.39 Å².